The molecule has 1 amide bonds. The highest BCUT2D eigenvalue weighted by Crippen LogP contribution is 2.20. The maximum absolute atomic E-state index is 11.8. The number of carbonyl (C=O) groups excluding carboxylic acids is 1. The second-order valence-corrected chi connectivity index (χ2v) is 4.43. The normalized spacial score (nSPS) is 10.7. The second kappa shape index (κ2) is 8.08. The number of aliphatic hydroxyl groups is 1. The van der Waals surface area contributed by atoms with Crippen molar-refractivity contribution in [2.24, 2.45) is 0 Å². The molecule has 0 bridgehead atoms. The molecule has 1 rings (SSSR count). The Kier molecular flexibility index (Phi) is 6.72. The lowest BCUT2D eigenvalue weighted by Gasteiger charge is -2.19. The number of rotatable bonds is 7. The van der Waals surface area contributed by atoms with Crippen LogP contribution in [0.1, 0.15) is 13.3 Å². The Bertz CT molecular complexity index is 379. The molecule has 5 heteroatoms. The minimum absolute atomic E-state index is 0.0549. The van der Waals surface area contributed by atoms with Gasteiger partial charge >= 0.3 is 0 Å². The van der Waals surface area contributed by atoms with Gasteiger partial charge in [-0.3, -0.25) is 9.69 Å². The highest BCUT2D eigenvalue weighted by Gasteiger charge is 2.10. The molecule has 0 radical (unpaired) electrons. The summed E-state index contributed by atoms with van der Waals surface area (Å²) >= 11 is 5.96. The smallest absolute Gasteiger partial charge is 0.238 e. The van der Waals surface area contributed by atoms with Crippen LogP contribution in [-0.2, 0) is 4.79 Å². The van der Waals surface area contributed by atoms with E-state index in [4.69, 9.17) is 16.7 Å². The lowest BCUT2D eigenvalue weighted by molar-refractivity contribution is -0.117. The Labute approximate surface area is 113 Å². The van der Waals surface area contributed by atoms with E-state index in [1.165, 1.54) is 0 Å². The summed E-state index contributed by atoms with van der Waals surface area (Å²) in [6.45, 7) is 3.65. The van der Waals surface area contributed by atoms with Crippen LogP contribution < -0.4 is 5.32 Å². The standard InChI is InChI=1S/C13H19ClN2O2/c1-2-7-16(8-9-17)10-13(18)15-12-6-4-3-5-11(12)14/h3-6,17H,2,7-10H2,1H3,(H,15,18). The molecule has 0 unspecified atom stereocenters. The number of amides is 1. The van der Waals surface area contributed by atoms with Gasteiger partial charge in [0.25, 0.3) is 0 Å². The Balaban J connectivity index is 2.52. The van der Waals surface area contributed by atoms with Gasteiger partial charge in [-0.05, 0) is 25.1 Å². The summed E-state index contributed by atoms with van der Waals surface area (Å²) in [5, 5.41) is 12.2. The van der Waals surface area contributed by atoms with Crippen molar-refractivity contribution in [2.75, 3.05) is 31.6 Å². The van der Waals surface area contributed by atoms with Gasteiger partial charge in [0.1, 0.15) is 0 Å². The lowest BCUT2D eigenvalue weighted by atomic mass is 10.3. The monoisotopic (exact) mass is 270 g/mol. The zero-order chi connectivity index (χ0) is 13.4. The Morgan fingerprint density at radius 1 is 1.39 bits per heavy atom. The van der Waals surface area contributed by atoms with E-state index < -0.39 is 0 Å². The number of aliphatic hydroxyl groups excluding tert-OH is 1. The van der Waals surface area contributed by atoms with Crippen molar-refractivity contribution in [1.29, 1.82) is 0 Å². The first-order valence-corrected chi connectivity index (χ1v) is 6.42. The third kappa shape index (κ3) is 5.04. The van der Waals surface area contributed by atoms with Crippen molar-refractivity contribution in [1.82, 2.24) is 4.90 Å². The fourth-order valence-corrected chi connectivity index (χ4v) is 1.87. The topological polar surface area (TPSA) is 52.6 Å². The van der Waals surface area contributed by atoms with Crippen LogP contribution in [0.5, 0.6) is 0 Å². The fraction of sp³-hybridized carbons (Fsp3) is 0.462. The van der Waals surface area contributed by atoms with Crippen molar-refractivity contribution < 1.29 is 9.90 Å². The summed E-state index contributed by atoms with van der Waals surface area (Å²) in [6.07, 6.45) is 0.944. The molecular formula is C13H19ClN2O2. The van der Waals surface area contributed by atoms with Crippen LogP contribution in [0.25, 0.3) is 0 Å². The third-order valence-corrected chi connectivity index (χ3v) is 2.80. The molecule has 0 aliphatic carbocycles. The highest BCUT2D eigenvalue weighted by atomic mass is 35.5. The van der Waals surface area contributed by atoms with Crippen LogP contribution in [0.15, 0.2) is 24.3 Å². The zero-order valence-corrected chi connectivity index (χ0v) is 11.3. The summed E-state index contributed by atoms with van der Waals surface area (Å²) in [4.78, 5) is 13.7. The van der Waals surface area contributed by atoms with Crippen LogP contribution in [0.2, 0.25) is 5.02 Å². The van der Waals surface area contributed by atoms with Gasteiger partial charge in [0, 0.05) is 6.54 Å². The lowest BCUT2D eigenvalue weighted by Crippen LogP contribution is -2.35. The molecule has 1 aromatic rings. The maximum atomic E-state index is 11.8. The van der Waals surface area contributed by atoms with E-state index in [1.807, 2.05) is 24.0 Å². The number of hydrogen-bond donors (Lipinski definition) is 2. The summed E-state index contributed by atoms with van der Waals surface area (Å²) in [6, 6.07) is 7.12. The zero-order valence-electron chi connectivity index (χ0n) is 10.5. The summed E-state index contributed by atoms with van der Waals surface area (Å²) in [5.74, 6) is -0.120. The van der Waals surface area contributed by atoms with Crippen LogP contribution in [0.4, 0.5) is 5.69 Å². The molecule has 0 aromatic heterocycles. The maximum Gasteiger partial charge on any atom is 0.238 e. The van der Waals surface area contributed by atoms with Gasteiger partial charge in [0.05, 0.1) is 23.9 Å². The van der Waals surface area contributed by atoms with E-state index in [2.05, 4.69) is 5.32 Å². The van der Waals surface area contributed by atoms with Crippen LogP contribution >= 0.6 is 11.6 Å². The van der Waals surface area contributed by atoms with Crippen molar-refractivity contribution in [2.45, 2.75) is 13.3 Å². The molecule has 0 saturated carbocycles. The van der Waals surface area contributed by atoms with Gasteiger partial charge in [-0.2, -0.15) is 0 Å². The number of nitrogens with one attached hydrogen (secondary N) is 1. The predicted octanol–water partition coefficient (Wildman–Crippen LogP) is 1.98. The molecule has 0 spiro atoms. The van der Waals surface area contributed by atoms with Gasteiger partial charge in [-0.25, -0.2) is 0 Å². The minimum atomic E-state index is -0.120. The number of para-hydroxylation sites is 1. The summed E-state index contributed by atoms with van der Waals surface area (Å²) in [5.41, 5.74) is 0.615. The van der Waals surface area contributed by atoms with Gasteiger partial charge in [0.2, 0.25) is 5.91 Å². The minimum Gasteiger partial charge on any atom is -0.395 e. The average molecular weight is 271 g/mol. The predicted molar refractivity (Wildman–Crippen MR) is 73.9 cm³/mol. The molecule has 100 valence electrons. The largest absolute Gasteiger partial charge is 0.395 e. The van der Waals surface area contributed by atoms with E-state index in [-0.39, 0.29) is 19.1 Å². The van der Waals surface area contributed by atoms with Gasteiger partial charge in [0.15, 0.2) is 0 Å². The quantitative estimate of drug-likeness (QED) is 0.797. The molecule has 1 aromatic carbocycles. The van der Waals surface area contributed by atoms with Crippen molar-refractivity contribution in [3.05, 3.63) is 29.3 Å². The number of hydrogen-bond acceptors (Lipinski definition) is 3. The molecule has 0 aliphatic heterocycles. The molecule has 0 aliphatic rings. The second-order valence-electron chi connectivity index (χ2n) is 4.03. The SMILES string of the molecule is CCCN(CCO)CC(=O)Nc1ccccc1Cl. The number of anilines is 1. The molecular weight excluding hydrogens is 252 g/mol. The molecule has 18 heavy (non-hydrogen) atoms. The van der Waals surface area contributed by atoms with E-state index in [9.17, 15) is 4.79 Å². The molecule has 0 heterocycles. The Morgan fingerprint density at radius 2 is 2.11 bits per heavy atom. The van der Waals surface area contributed by atoms with Crippen molar-refractivity contribution >= 4 is 23.2 Å². The van der Waals surface area contributed by atoms with E-state index in [0.717, 1.165) is 13.0 Å². The molecule has 4 nitrogen and oxygen atoms in total. The highest BCUT2D eigenvalue weighted by molar-refractivity contribution is 6.33. The third-order valence-electron chi connectivity index (χ3n) is 2.47. The number of nitrogens with zero attached hydrogens (tertiary/aromatic N) is 1. The first-order chi connectivity index (χ1) is 8.67. The van der Waals surface area contributed by atoms with Crippen LogP contribution in [0.3, 0.4) is 0 Å². The van der Waals surface area contributed by atoms with Crippen molar-refractivity contribution in [3.63, 3.8) is 0 Å². The van der Waals surface area contributed by atoms with Gasteiger partial charge in [-0.15, -0.1) is 0 Å². The van der Waals surface area contributed by atoms with Gasteiger partial charge < -0.3 is 10.4 Å². The van der Waals surface area contributed by atoms with Gasteiger partial charge in [-0.1, -0.05) is 30.7 Å². The first-order valence-electron chi connectivity index (χ1n) is 6.05. The van der Waals surface area contributed by atoms with E-state index >= 15 is 0 Å². The van der Waals surface area contributed by atoms with Crippen molar-refractivity contribution in [3.8, 4) is 0 Å². The Morgan fingerprint density at radius 3 is 2.72 bits per heavy atom. The summed E-state index contributed by atoms with van der Waals surface area (Å²) in [7, 11) is 0. The first kappa shape index (κ1) is 15.0. The summed E-state index contributed by atoms with van der Waals surface area (Å²) < 4.78 is 0. The molecule has 0 saturated heterocycles. The molecule has 0 atom stereocenters. The molecule has 0 fully saturated rings. The van der Waals surface area contributed by atoms with Crippen LogP contribution in [-0.4, -0.2) is 42.2 Å². The van der Waals surface area contributed by atoms with E-state index in [0.29, 0.717) is 17.3 Å². The number of carbonyl (C=O) groups is 1. The average Bonchev–Trinajstić information content (AvgIpc) is 2.33. The molecule has 2 N–H and O–H groups in total. The number of benzene rings is 1. The van der Waals surface area contributed by atoms with E-state index in [1.54, 1.807) is 12.1 Å². The fourth-order valence-electron chi connectivity index (χ4n) is 1.68. The Hall–Kier alpha value is -1.10. The number of halogens is 1. The van der Waals surface area contributed by atoms with Crippen LogP contribution in [0, 0.1) is 0 Å².